The average Bonchev–Trinajstić information content (AvgIpc) is 3.16. The maximum Gasteiger partial charge on any atom is 0.418 e. The van der Waals surface area contributed by atoms with Crippen molar-refractivity contribution in [2.75, 3.05) is 16.6 Å². The zero-order valence-electron chi connectivity index (χ0n) is 15.7. The Hall–Kier alpha value is -2.66. The summed E-state index contributed by atoms with van der Waals surface area (Å²) in [6.45, 7) is 1.72. The van der Waals surface area contributed by atoms with E-state index in [2.05, 4.69) is 5.32 Å². The van der Waals surface area contributed by atoms with E-state index in [0.29, 0.717) is 25.5 Å². The van der Waals surface area contributed by atoms with Crippen LogP contribution in [0.25, 0.3) is 0 Å². The third-order valence-corrected chi connectivity index (χ3v) is 6.01. The molecule has 0 spiro atoms. The van der Waals surface area contributed by atoms with E-state index in [1.807, 2.05) is 4.72 Å². The fourth-order valence-electron chi connectivity index (χ4n) is 3.07. The third kappa shape index (κ3) is 4.90. The lowest BCUT2D eigenvalue weighted by molar-refractivity contribution is -0.137. The topological polar surface area (TPSA) is 84.5 Å². The fourth-order valence-corrected chi connectivity index (χ4v) is 4.37. The first-order valence-corrected chi connectivity index (χ1v) is 10.4. The lowest BCUT2D eigenvalue weighted by atomic mass is 10.1. The summed E-state index contributed by atoms with van der Waals surface area (Å²) in [6.07, 6.45) is -4.50. The van der Waals surface area contributed by atoms with Gasteiger partial charge in [0.05, 0.1) is 16.1 Å². The van der Waals surface area contributed by atoms with Gasteiger partial charge in [-0.2, -0.15) is 13.2 Å². The highest BCUT2D eigenvalue weighted by Crippen LogP contribution is 2.37. The van der Waals surface area contributed by atoms with Crippen molar-refractivity contribution in [1.82, 2.24) is 0 Å². The smallest absolute Gasteiger partial charge is 0.368 e. The highest BCUT2D eigenvalue weighted by Gasteiger charge is 2.35. The summed E-state index contributed by atoms with van der Waals surface area (Å²) in [4.78, 5) is 11.7. The molecule has 0 radical (unpaired) electrons. The summed E-state index contributed by atoms with van der Waals surface area (Å²) in [5.41, 5.74) is -2.11. The van der Waals surface area contributed by atoms with Gasteiger partial charge in [-0.3, -0.25) is 9.52 Å². The molecule has 11 heteroatoms. The number of halogens is 4. The van der Waals surface area contributed by atoms with Gasteiger partial charge in [0.1, 0.15) is 11.9 Å². The number of aryl methyl sites for hydroxylation is 1. The van der Waals surface area contributed by atoms with Crippen LogP contribution in [0.2, 0.25) is 0 Å². The van der Waals surface area contributed by atoms with Gasteiger partial charge in [0.2, 0.25) is 0 Å². The second kappa shape index (κ2) is 8.23. The molecule has 0 bridgehead atoms. The lowest BCUT2D eigenvalue weighted by Gasteiger charge is -2.18. The van der Waals surface area contributed by atoms with E-state index in [1.165, 1.54) is 6.92 Å². The Morgan fingerprint density at radius 1 is 1.17 bits per heavy atom. The molecule has 1 atom stereocenters. The Labute approximate surface area is 170 Å². The largest absolute Gasteiger partial charge is 0.418 e. The van der Waals surface area contributed by atoms with Crippen molar-refractivity contribution >= 4 is 27.3 Å². The molecule has 1 aliphatic heterocycles. The van der Waals surface area contributed by atoms with Crippen molar-refractivity contribution in [1.29, 1.82) is 0 Å². The standard InChI is InChI=1S/C19H18F4N2O4S/c1-11-9-12(20)4-7-17(11)30(27,28)25-15-6-5-13(10-14(15)19(21,22)23)24-18(26)16-3-2-8-29-16/h4-7,9-10,16,25H,2-3,8H2,1H3,(H,24,26)/t16-/m0/s1. The van der Waals surface area contributed by atoms with E-state index in [9.17, 15) is 30.8 Å². The molecule has 1 saturated heterocycles. The Bertz CT molecular complexity index is 1060. The Balaban J connectivity index is 1.91. The molecule has 30 heavy (non-hydrogen) atoms. The molecule has 2 N–H and O–H groups in total. The minimum absolute atomic E-state index is 0.0384. The van der Waals surface area contributed by atoms with Crippen molar-refractivity contribution in [3.8, 4) is 0 Å². The summed E-state index contributed by atoms with van der Waals surface area (Å²) in [5.74, 6) is -1.25. The molecule has 1 heterocycles. The molecule has 2 aromatic carbocycles. The number of ether oxygens (including phenoxy) is 1. The zero-order chi connectivity index (χ0) is 22.1. The highest BCUT2D eigenvalue weighted by atomic mass is 32.2. The number of anilines is 2. The predicted octanol–water partition coefficient (Wildman–Crippen LogP) is 4.07. The van der Waals surface area contributed by atoms with Crippen LogP contribution in [-0.2, 0) is 25.7 Å². The summed E-state index contributed by atoms with van der Waals surface area (Å²) in [7, 11) is -4.42. The predicted molar refractivity (Wildman–Crippen MR) is 101 cm³/mol. The molecule has 3 rings (SSSR count). The molecule has 0 aliphatic carbocycles. The van der Waals surface area contributed by atoms with Gasteiger partial charge in [0.25, 0.3) is 15.9 Å². The molecular formula is C19H18F4N2O4S. The van der Waals surface area contributed by atoms with Crippen molar-refractivity contribution in [2.45, 2.75) is 36.9 Å². The zero-order valence-corrected chi connectivity index (χ0v) is 16.5. The van der Waals surface area contributed by atoms with Crippen molar-refractivity contribution in [3.05, 3.63) is 53.3 Å². The van der Waals surface area contributed by atoms with Crippen LogP contribution in [-0.4, -0.2) is 27.0 Å². The second-order valence-corrected chi connectivity index (χ2v) is 8.42. The van der Waals surface area contributed by atoms with Gasteiger partial charge >= 0.3 is 6.18 Å². The normalized spacial score (nSPS) is 17.0. The Morgan fingerprint density at radius 3 is 2.50 bits per heavy atom. The van der Waals surface area contributed by atoms with Gasteiger partial charge in [0, 0.05) is 12.3 Å². The number of rotatable bonds is 5. The minimum Gasteiger partial charge on any atom is -0.368 e. The molecule has 1 fully saturated rings. The van der Waals surface area contributed by atoms with Crippen LogP contribution in [0.3, 0.4) is 0 Å². The number of alkyl halides is 3. The summed E-state index contributed by atoms with van der Waals surface area (Å²) >= 11 is 0. The first-order valence-electron chi connectivity index (χ1n) is 8.90. The number of hydrogen-bond acceptors (Lipinski definition) is 4. The quantitative estimate of drug-likeness (QED) is 0.679. The van der Waals surface area contributed by atoms with E-state index in [1.54, 1.807) is 0 Å². The SMILES string of the molecule is Cc1cc(F)ccc1S(=O)(=O)Nc1ccc(NC(=O)[C@@H]2CCCO2)cc1C(F)(F)F. The van der Waals surface area contributed by atoms with Gasteiger partial charge in [0.15, 0.2) is 0 Å². The highest BCUT2D eigenvalue weighted by molar-refractivity contribution is 7.92. The van der Waals surface area contributed by atoms with E-state index in [-0.39, 0.29) is 16.1 Å². The van der Waals surface area contributed by atoms with Gasteiger partial charge < -0.3 is 10.1 Å². The monoisotopic (exact) mass is 446 g/mol. The van der Waals surface area contributed by atoms with Gasteiger partial charge in [-0.25, -0.2) is 12.8 Å². The summed E-state index contributed by atoms with van der Waals surface area (Å²) in [6, 6.07) is 5.53. The number of hydrogen-bond donors (Lipinski definition) is 2. The maximum absolute atomic E-state index is 13.6. The number of benzene rings is 2. The van der Waals surface area contributed by atoms with E-state index < -0.39 is 45.3 Å². The molecule has 0 aromatic heterocycles. The van der Waals surface area contributed by atoms with Crippen LogP contribution in [0.15, 0.2) is 41.3 Å². The molecule has 0 saturated carbocycles. The number of carbonyl (C=O) groups is 1. The second-order valence-electron chi connectivity index (χ2n) is 6.76. The number of amides is 1. The van der Waals surface area contributed by atoms with Gasteiger partial charge in [-0.1, -0.05) is 0 Å². The molecule has 6 nitrogen and oxygen atoms in total. The van der Waals surface area contributed by atoms with Crippen LogP contribution in [0, 0.1) is 12.7 Å². The van der Waals surface area contributed by atoms with Crippen molar-refractivity contribution < 1.29 is 35.5 Å². The minimum atomic E-state index is -4.90. The van der Waals surface area contributed by atoms with E-state index >= 15 is 0 Å². The summed E-state index contributed by atoms with van der Waals surface area (Å²) < 4.78 is 86.1. The maximum atomic E-state index is 13.6. The van der Waals surface area contributed by atoms with Crippen LogP contribution in [0.1, 0.15) is 24.0 Å². The van der Waals surface area contributed by atoms with Gasteiger partial charge in [-0.15, -0.1) is 0 Å². The van der Waals surface area contributed by atoms with Crippen molar-refractivity contribution in [2.24, 2.45) is 0 Å². The van der Waals surface area contributed by atoms with Crippen LogP contribution < -0.4 is 10.0 Å². The summed E-state index contributed by atoms with van der Waals surface area (Å²) in [5, 5.41) is 2.35. The first kappa shape index (κ1) is 22.0. The molecule has 162 valence electrons. The van der Waals surface area contributed by atoms with Crippen LogP contribution in [0.5, 0.6) is 0 Å². The number of nitrogens with one attached hydrogen (secondary N) is 2. The lowest BCUT2D eigenvalue weighted by Crippen LogP contribution is -2.27. The molecule has 1 aliphatic rings. The molecular weight excluding hydrogens is 428 g/mol. The van der Waals surface area contributed by atoms with E-state index in [4.69, 9.17) is 4.74 Å². The first-order chi connectivity index (χ1) is 14.0. The molecule has 2 aromatic rings. The number of carbonyl (C=O) groups excluding carboxylic acids is 1. The Kier molecular flexibility index (Phi) is 6.04. The number of sulfonamides is 1. The molecule has 0 unspecified atom stereocenters. The average molecular weight is 446 g/mol. The fraction of sp³-hybridized carbons (Fsp3) is 0.316. The van der Waals surface area contributed by atoms with Crippen LogP contribution in [0.4, 0.5) is 28.9 Å². The Morgan fingerprint density at radius 2 is 1.90 bits per heavy atom. The third-order valence-electron chi connectivity index (χ3n) is 4.49. The van der Waals surface area contributed by atoms with E-state index in [0.717, 1.165) is 30.3 Å². The molecule has 1 amide bonds. The van der Waals surface area contributed by atoms with Crippen LogP contribution >= 0.6 is 0 Å². The van der Waals surface area contributed by atoms with Gasteiger partial charge in [-0.05, 0) is 61.7 Å². The van der Waals surface area contributed by atoms with Crippen molar-refractivity contribution in [3.63, 3.8) is 0 Å².